The third-order valence-corrected chi connectivity index (χ3v) is 6.72. The molecule has 1 aromatic heterocycles. The second-order valence-electron chi connectivity index (χ2n) is 8.27. The van der Waals surface area contributed by atoms with Gasteiger partial charge in [-0.15, -0.1) is 0 Å². The van der Waals surface area contributed by atoms with Gasteiger partial charge in [-0.3, -0.25) is 9.36 Å². The summed E-state index contributed by atoms with van der Waals surface area (Å²) in [6.45, 7) is 2.06. The van der Waals surface area contributed by atoms with Gasteiger partial charge in [0.2, 0.25) is 0 Å². The maximum Gasteiger partial charge on any atom is 0.196 e. The van der Waals surface area contributed by atoms with Crippen molar-refractivity contribution in [2.24, 2.45) is 0 Å². The number of nitrogens with zero attached hydrogens (tertiary/aromatic N) is 1. The normalized spacial score (nSPS) is 10.8. The van der Waals surface area contributed by atoms with E-state index in [0.717, 1.165) is 33.6 Å². The molecular weight excluding hydrogens is 470 g/mol. The van der Waals surface area contributed by atoms with Crippen LogP contribution in [0.25, 0.3) is 28.1 Å². The fourth-order valence-corrected chi connectivity index (χ4v) is 5.00. The van der Waals surface area contributed by atoms with Crippen LogP contribution in [0.3, 0.4) is 0 Å². The predicted octanol–water partition coefficient (Wildman–Crippen LogP) is 8.73. The fourth-order valence-electron chi connectivity index (χ4n) is 4.48. The monoisotopic (exact) mass is 491 g/mol. The molecule has 0 aliphatic heterocycles. The summed E-state index contributed by atoms with van der Waals surface area (Å²) in [5, 5.41) is 0.639. The van der Waals surface area contributed by atoms with E-state index >= 15 is 0 Å². The molecule has 0 saturated heterocycles. The lowest BCUT2D eigenvalue weighted by Gasteiger charge is -2.23. The zero-order chi connectivity index (χ0) is 24.4. The van der Waals surface area contributed by atoms with E-state index in [1.807, 2.05) is 108 Å². The van der Waals surface area contributed by atoms with Crippen LogP contribution in [0.4, 0.5) is 0 Å². The molecule has 5 rings (SSSR count). The van der Waals surface area contributed by atoms with Crippen molar-refractivity contribution in [1.82, 2.24) is 4.57 Å². The van der Waals surface area contributed by atoms with Crippen molar-refractivity contribution in [3.63, 3.8) is 0 Å². The molecule has 0 fully saturated rings. The first kappa shape index (κ1) is 23.0. The molecule has 4 aromatic carbocycles. The Morgan fingerprint density at radius 2 is 1.23 bits per heavy atom. The number of halogens is 1. The highest BCUT2D eigenvalue weighted by atomic mass is 35.5. The lowest BCUT2D eigenvalue weighted by molar-refractivity contribution is 0.103. The predicted molar refractivity (Wildman–Crippen MR) is 147 cm³/mol. The van der Waals surface area contributed by atoms with Gasteiger partial charge in [-0.1, -0.05) is 115 Å². The maximum absolute atomic E-state index is 14.0. The van der Waals surface area contributed by atoms with Crippen LogP contribution in [0.1, 0.15) is 21.5 Å². The van der Waals surface area contributed by atoms with E-state index in [2.05, 4.69) is 19.1 Å². The molecule has 170 valence electrons. The molecule has 0 aliphatic carbocycles. The van der Waals surface area contributed by atoms with E-state index in [1.54, 1.807) is 0 Å². The summed E-state index contributed by atoms with van der Waals surface area (Å²) in [6.07, 6.45) is 0. The molecular formula is C31H22ClNOS. The van der Waals surface area contributed by atoms with Gasteiger partial charge in [-0.05, 0) is 47.9 Å². The minimum atomic E-state index is -0.0973. The van der Waals surface area contributed by atoms with Crippen molar-refractivity contribution in [3.8, 4) is 28.1 Å². The standard InChI is InChI=1S/C31H22ClNOS/c1-21-27(22-11-5-2-6-12-22)28(30(34)24-15-9-4-10-16-24)31(35)33(26-19-17-25(32)18-20-26)29(21)23-13-7-3-8-14-23/h2-20H,1H3. The Balaban J connectivity index is 1.94. The van der Waals surface area contributed by atoms with Crippen molar-refractivity contribution in [2.45, 2.75) is 6.92 Å². The van der Waals surface area contributed by atoms with Crippen LogP contribution in [-0.4, -0.2) is 10.4 Å². The lowest BCUT2D eigenvalue weighted by atomic mass is 9.89. The van der Waals surface area contributed by atoms with Crippen molar-refractivity contribution < 1.29 is 4.79 Å². The van der Waals surface area contributed by atoms with Crippen LogP contribution >= 0.6 is 23.8 Å². The summed E-state index contributed by atoms with van der Waals surface area (Å²) in [7, 11) is 0. The molecule has 0 atom stereocenters. The Labute approximate surface area is 215 Å². The number of rotatable bonds is 5. The van der Waals surface area contributed by atoms with Gasteiger partial charge in [0, 0.05) is 21.8 Å². The number of hydrogen-bond donors (Lipinski definition) is 0. The highest BCUT2D eigenvalue weighted by Gasteiger charge is 2.25. The summed E-state index contributed by atoms with van der Waals surface area (Å²) in [4.78, 5) is 14.0. The largest absolute Gasteiger partial charge is 0.300 e. The zero-order valence-corrected chi connectivity index (χ0v) is 20.7. The molecule has 0 amide bonds. The highest BCUT2D eigenvalue weighted by molar-refractivity contribution is 7.71. The van der Waals surface area contributed by atoms with Crippen molar-refractivity contribution in [1.29, 1.82) is 0 Å². The summed E-state index contributed by atoms with van der Waals surface area (Å²) in [5.41, 5.74) is 6.72. The first-order valence-electron chi connectivity index (χ1n) is 11.3. The van der Waals surface area contributed by atoms with E-state index < -0.39 is 0 Å². The van der Waals surface area contributed by atoms with E-state index in [1.165, 1.54) is 0 Å². The number of pyridine rings is 1. The first-order valence-corrected chi connectivity index (χ1v) is 12.1. The smallest absolute Gasteiger partial charge is 0.196 e. The molecule has 0 aliphatic rings. The number of benzene rings is 4. The molecule has 0 spiro atoms. The molecule has 0 saturated carbocycles. The minimum Gasteiger partial charge on any atom is -0.300 e. The maximum atomic E-state index is 14.0. The number of hydrogen-bond acceptors (Lipinski definition) is 2. The van der Waals surface area contributed by atoms with Crippen molar-refractivity contribution >= 4 is 29.6 Å². The van der Waals surface area contributed by atoms with Crippen molar-refractivity contribution in [2.75, 3.05) is 0 Å². The molecule has 4 heteroatoms. The van der Waals surface area contributed by atoms with Crippen LogP contribution in [0.2, 0.25) is 5.02 Å². The first-order chi connectivity index (χ1) is 17.1. The van der Waals surface area contributed by atoms with Gasteiger partial charge in [-0.25, -0.2) is 0 Å². The Kier molecular flexibility index (Phi) is 6.45. The minimum absolute atomic E-state index is 0.0973. The summed E-state index contributed by atoms with van der Waals surface area (Å²) in [5.74, 6) is -0.0973. The van der Waals surface area contributed by atoms with Gasteiger partial charge >= 0.3 is 0 Å². The van der Waals surface area contributed by atoms with E-state index in [4.69, 9.17) is 23.8 Å². The van der Waals surface area contributed by atoms with Crippen LogP contribution in [-0.2, 0) is 0 Å². The van der Waals surface area contributed by atoms with Gasteiger partial charge in [0.05, 0.1) is 11.3 Å². The van der Waals surface area contributed by atoms with E-state index in [0.29, 0.717) is 20.8 Å². The Morgan fingerprint density at radius 3 is 1.80 bits per heavy atom. The third kappa shape index (κ3) is 4.37. The van der Waals surface area contributed by atoms with Crippen LogP contribution in [0.15, 0.2) is 115 Å². The van der Waals surface area contributed by atoms with E-state index in [9.17, 15) is 4.79 Å². The van der Waals surface area contributed by atoms with Gasteiger partial charge in [-0.2, -0.15) is 0 Å². The number of carbonyl (C=O) groups excluding carboxylic acids is 1. The number of ketones is 1. The van der Waals surface area contributed by atoms with Crippen LogP contribution < -0.4 is 0 Å². The molecule has 0 radical (unpaired) electrons. The molecule has 1 heterocycles. The van der Waals surface area contributed by atoms with Crippen molar-refractivity contribution in [3.05, 3.63) is 142 Å². The average molecular weight is 492 g/mol. The highest BCUT2D eigenvalue weighted by Crippen LogP contribution is 2.38. The molecule has 0 N–H and O–H groups in total. The molecule has 2 nitrogen and oxygen atoms in total. The SMILES string of the molecule is Cc1c(-c2ccccc2)c(C(=O)c2ccccc2)c(=S)n(-c2ccc(Cl)cc2)c1-c1ccccc1. The average Bonchev–Trinajstić information content (AvgIpc) is 2.91. The van der Waals surface area contributed by atoms with Gasteiger partial charge in [0.1, 0.15) is 4.64 Å². The molecule has 35 heavy (non-hydrogen) atoms. The second-order valence-corrected chi connectivity index (χ2v) is 9.09. The summed E-state index contributed by atoms with van der Waals surface area (Å²) >= 11 is 12.3. The molecule has 5 aromatic rings. The third-order valence-electron chi connectivity index (χ3n) is 6.08. The molecule has 0 unspecified atom stereocenters. The van der Waals surface area contributed by atoms with Gasteiger partial charge in [0.25, 0.3) is 0 Å². The Hall–Kier alpha value is -3.79. The zero-order valence-electron chi connectivity index (χ0n) is 19.1. The van der Waals surface area contributed by atoms with Crippen LogP contribution in [0.5, 0.6) is 0 Å². The summed E-state index contributed by atoms with van der Waals surface area (Å²) < 4.78 is 2.46. The Morgan fingerprint density at radius 1 is 0.714 bits per heavy atom. The van der Waals surface area contributed by atoms with E-state index in [-0.39, 0.29) is 5.78 Å². The quantitative estimate of drug-likeness (QED) is 0.181. The lowest BCUT2D eigenvalue weighted by Crippen LogP contribution is -2.14. The number of carbonyl (C=O) groups is 1. The van der Waals surface area contributed by atoms with Crippen LogP contribution in [0, 0.1) is 11.6 Å². The summed E-state index contributed by atoms with van der Waals surface area (Å²) in [6, 6.07) is 37.0. The topological polar surface area (TPSA) is 22.0 Å². The molecule has 0 bridgehead atoms. The number of aromatic nitrogens is 1. The second kappa shape index (κ2) is 9.83. The van der Waals surface area contributed by atoms with Gasteiger partial charge in [0.15, 0.2) is 5.78 Å². The fraction of sp³-hybridized carbons (Fsp3) is 0.0323. The van der Waals surface area contributed by atoms with Gasteiger partial charge < -0.3 is 0 Å². The Bertz CT molecular complexity index is 1560.